The summed E-state index contributed by atoms with van der Waals surface area (Å²) in [6.45, 7) is 3.77. The molecule has 0 radical (unpaired) electrons. The molecule has 4 heteroatoms. The predicted octanol–water partition coefficient (Wildman–Crippen LogP) is -0.634. The van der Waals surface area contributed by atoms with Gasteiger partial charge in [-0.1, -0.05) is 6.92 Å². The van der Waals surface area contributed by atoms with E-state index in [1.807, 2.05) is 6.92 Å². The van der Waals surface area contributed by atoms with Crippen LogP contribution in [0.15, 0.2) is 0 Å². The first-order valence-electron chi connectivity index (χ1n) is 3.91. The molecule has 0 aliphatic carbocycles. The van der Waals surface area contributed by atoms with Crippen LogP contribution in [0.1, 0.15) is 19.8 Å². The van der Waals surface area contributed by atoms with Gasteiger partial charge in [-0.25, -0.2) is 5.84 Å². The van der Waals surface area contributed by atoms with Crippen molar-refractivity contribution in [1.82, 2.24) is 10.7 Å². The molecule has 0 bridgehead atoms. The van der Waals surface area contributed by atoms with Crippen LogP contribution in [0.2, 0.25) is 0 Å². The van der Waals surface area contributed by atoms with E-state index in [2.05, 4.69) is 10.7 Å². The normalized spacial score (nSPS) is 22.7. The van der Waals surface area contributed by atoms with Crippen LogP contribution in [-0.2, 0) is 4.79 Å². The Kier molecular flexibility index (Phi) is 2.46. The van der Waals surface area contributed by atoms with Crippen molar-refractivity contribution in [3.8, 4) is 0 Å². The van der Waals surface area contributed by atoms with Gasteiger partial charge in [0.25, 0.3) is 0 Å². The average molecular weight is 157 g/mol. The van der Waals surface area contributed by atoms with Crippen LogP contribution in [0.25, 0.3) is 0 Å². The first-order valence-corrected chi connectivity index (χ1v) is 3.91. The van der Waals surface area contributed by atoms with Gasteiger partial charge in [0, 0.05) is 0 Å². The van der Waals surface area contributed by atoms with Crippen LogP contribution in [0.3, 0.4) is 0 Å². The van der Waals surface area contributed by atoms with E-state index in [9.17, 15) is 4.79 Å². The van der Waals surface area contributed by atoms with Crippen LogP contribution in [0.5, 0.6) is 0 Å². The SMILES string of the molecule is CC1(C(=O)NN)CCNCC1. The molecule has 4 nitrogen and oxygen atoms in total. The van der Waals surface area contributed by atoms with Crippen molar-refractivity contribution >= 4 is 5.91 Å². The minimum absolute atomic E-state index is 0.0426. The number of hydrazine groups is 1. The first-order chi connectivity index (χ1) is 5.19. The number of nitrogens with one attached hydrogen (secondary N) is 2. The maximum atomic E-state index is 11.2. The van der Waals surface area contributed by atoms with Gasteiger partial charge >= 0.3 is 0 Å². The number of carbonyl (C=O) groups excluding carboxylic acids is 1. The third-order valence-corrected chi connectivity index (χ3v) is 2.39. The van der Waals surface area contributed by atoms with Crippen molar-refractivity contribution in [2.45, 2.75) is 19.8 Å². The maximum absolute atomic E-state index is 11.2. The van der Waals surface area contributed by atoms with Gasteiger partial charge in [0.05, 0.1) is 5.41 Å². The van der Waals surface area contributed by atoms with E-state index in [1.165, 1.54) is 0 Å². The number of amides is 1. The molecule has 0 aromatic carbocycles. The van der Waals surface area contributed by atoms with Gasteiger partial charge in [-0.3, -0.25) is 10.2 Å². The zero-order valence-electron chi connectivity index (χ0n) is 6.81. The highest BCUT2D eigenvalue weighted by Crippen LogP contribution is 2.27. The first kappa shape index (κ1) is 8.49. The Labute approximate surface area is 66.5 Å². The lowest BCUT2D eigenvalue weighted by Gasteiger charge is -2.31. The smallest absolute Gasteiger partial charge is 0.239 e. The molecule has 1 saturated heterocycles. The van der Waals surface area contributed by atoms with Crippen molar-refractivity contribution in [1.29, 1.82) is 0 Å². The van der Waals surface area contributed by atoms with Gasteiger partial charge < -0.3 is 5.32 Å². The monoisotopic (exact) mass is 157 g/mol. The molecule has 64 valence electrons. The summed E-state index contributed by atoms with van der Waals surface area (Å²) in [5.74, 6) is 5.03. The molecule has 1 aliphatic rings. The van der Waals surface area contributed by atoms with Crippen molar-refractivity contribution in [3.63, 3.8) is 0 Å². The Bertz CT molecular complexity index is 152. The fourth-order valence-corrected chi connectivity index (χ4v) is 1.38. The molecule has 1 aliphatic heterocycles. The highest BCUT2D eigenvalue weighted by atomic mass is 16.2. The van der Waals surface area contributed by atoms with Crippen molar-refractivity contribution < 1.29 is 4.79 Å². The van der Waals surface area contributed by atoms with E-state index in [1.54, 1.807) is 0 Å². The predicted molar refractivity (Wildman–Crippen MR) is 42.5 cm³/mol. The van der Waals surface area contributed by atoms with Gasteiger partial charge in [0.2, 0.25) is 5.91 Å². The zero-order chi connectivity index (χ0) is 8.32. The summed E-state index contributed by atoms with van der Waals surface area (Å²) in [7, 11) is 0. The summed E-state index contributed by atoms with van der Waals surface area (Å²) in [5.41, 5.74) is 1.96. The van der Waals surface area contributed by atoms with E-state index < -0.39 is 0 Å². The number of hydrogen-bond acceptors (Lipinski definition) is 3. The number of piperidine rings is 1. The lowest BCUT2D eigenvalue weighted by atomic mass is 9.80. The lowest BCUT2D eigenvalue weighted by Crippen LogP contribution is -2.47. The van der Waals surface area contributed by atoms with Gasteiger partial charge in [-0.05, 0) is 25.9 Å². The second kappa shape index (κ2) is 3.19. The van der Waals surface area contributed by atoms with Crippen molar-refractivity contribution in [3.05, 3.63) is 0 Å². The van der Waals surface area contributed by atoms with Crippen molar-refractivity contribution in [2.75, 3.05) is 13.1 Å². The van der Waals surface area contributed by atoms with Crippen LogP contribution in [0.4, 0.5) is 0 Å². The molecule has 11 heavy (non-hydrogen) atoms. The molecule has 0 saturated carbocycles. The molecule has 0 spiro atoms. The highest BCUT2D eigenvalue weighted by molar-refractivity contribution is 5.81. The van der Waals surface area contributed by atoms with Crippen LogP contribution < -0.4 is 16.6 Å². The summed E-state index contributed by atoms with van der Waals surface area (Å²) < 4.78 is 0. The summed E-state index contributed by atoms with van der Waals surface area (Å²) >= 11 is 0. The van der Waals surface area contributed by atoms with E-state index in [0.29, 0.717) is 0 Å². The fraction of sp³-hybridized carbons (Fsp3) is 0.857. The number of nitrogens with two attached hydrogens (primary N) is 1. The molecule has 0 atom stereocenters. The largest absolute Gasteiger partial charge is 0.317 e. The second-order valence-electron chi connectivity index (χ2n) is 3.28. The van der Waals surface area contributed by atoms with Crippen LogP contribution in [0, 0.1) is 5.41 Å². The zero-order valence-corrected chi connectivity index (χ0v) is 6.81. The Balaban J connectivity index is 2.56. The molecular weight excluding hydrogens is 142 g/mol. The number of carbonyl (C=O) groups is 1. The Morgan fingerprint density at radius 2 is 2.09 bits per heavy atom. The van der Waals surface area contributed by atoms with E-state index in [-0.39, 0.29) is 11.3 Å². The number of rotatable bonds is 1. The van der Waals surface area contributed by atoms with Gasteiger partial charge in [0.15, 0.2) is 0 Å². The average Bonchev–Trinajstić information content (AvgIpc) is 2.04. The Morgan fingerprint density at radius 1 is 1.55 bits per heavy atom. The molecule has 1 fully saturated rings. The molecule has 1 heterocycles. The van der Waals surface area contributed by atoms with E-state index in [0.717, 1.165) is 25.9 Å². The molecule has 0 aromatic rings. The second-order valence-corrected chi connectivity index (χ2v) is 3.28. The highest BCUT2D eigenvalue weighted by Gasteiger charge is 2.33. The van der Waals surface area contributed by atoms with Crippen molar-refractivity contribution in [2.24, 2.45) is 11.3 Å². The van der Waals surface area contributed by atoms with E-state index in [4.69, 9.17) is 5.84 Å². The van der Waals surface area contributed by atoms with Gasteiger partial charge in [-0.2, -0.15) is 0 Å². The Hall–Kier alpha value is -0.610. The molecule has 4 N–H and O–H groups in total. The molecule has 0 aromatic heterocycles. The molecule has 1 amide bonds. The number of hydrogen-bond donors (Lipinski definition) is 3. The van der Waals surface area contributed by atoms with Crippen LogP contribution in [-0.4, -0.2) is 19.0 Å². The molecule has 0 unspecified atom stereocenters. The van der Waals surface area contributed by atoms with E-state index >= 15 is 0 Å². The summed E-state index contributed by atoms with van der Waals surface area (Å²) in [4.78, 5) is 11.2. The quantitative estimate of drug-likeness (QED) is 0.269. The summed E-state index contributed by atoms with van der Waals surface area (Å²) in [6.07, 6.45) is 1.74. The minimum atomic E-state index is -0.250. The lowest BCUT2D eigenvalue weighted by molar-refractivity contribution is -0.131. The molecule has 1 rings (SSSR count). The van der Waals surface area contributed by atoms with Crippen LogP contribution >= 0.6 is 0 Å². The Morgan fingerprint density at radius 3 is 2.55 bits per heavy atom. The minimum Gasteiger partial charge on any atom is -0.317 e. The fourth-order valence-electron chi connectivity index (χ4n) is 1.38. The standard InChI is InChI=1S/C7H15N3O/c1-7(6(11)10-8)2-4-9-5-3-7/h9H,2-5,8H2,1H3,(H,10,11). The van der Waals surface area contributed by atoms with Gasteiger partial charge in [-0.15, -0.1) is 0 Å². The third-order valence-electron chi connectivity index (χ3n) is 2.39. The topological polar surface area (TPSA) is 67.2 Å². The maximum Gasteiger partial charge on any atom is 0.239 e. The van der Waals surface area contributed by atoms with Gasteiger partial charge in [0.1, 0.15) is 0 Å². The summed E-state index contributed by atoms with van der Waals surface area (Å²) in [5, 5.41) is 3.20. The molecular formula is C7H15N3O. The summed E-state index contributed by atoms with van der Waals surface area (Å²) in [6, 6.07) is 0. The third kappa shape index (κ3) is 1.70.